The second-order valence-corrected chi connectivity index (χ2v) is 7.18. The smallest absolute Gasteiger partial charge is 0.315 e. The van der Waals surface area contributed by atoms with Crippen LogP contribution in [0.1, 0.15) is 29.5 Å². The molecule has 0 aromatic heterocycles. The van der Waals surface area contributed by atoms with Gasteiger partial charge in [-0.3, -0.25) is 9.59 Å². The van der Waals surface area contributed by atoms with Gasteiger partial charge in [-0.05, 0) is 43.4 Å². The van der Waals surface area contributed by atoms with E-state index < -0.39 is 12.1 Å². The van der Waals surface area contributed by atoms with Gasteiger partial charge in [-0.2, -0.15) is 0 Å². The highest BCUT2D eigenvalue weighted by atomic mass is 16.2. The van der Waals surface area contributed by atoms with E-state index in [9.17, 15) is 14.4 Å². The number of likely N-dealkylation sites (tertiary alicyclic amines) is 1. The third-order valence-corrected chi connectivity index (χ3v) is 5.40. The first-order chi connectivity index (χ1) is 12.4. The van der Waals surface area contributed by atoms with E-state index in [1.807, 2.05) is 6.07 Å². The Morgan fingerprint density at radius 2 is 1.92 bits per heavy atom. The fourth-order valence-electron chi connectivity index (χ4n) is 3.68. The standard InChI is InChI=1S/C19H26N4O3/c1-13-5-6-15(10-14(13)2)11-21-8-9-22(12-17(21)24)18(25)16-4-3-7-23(16)19(20)26/h5-6,10,16H,3-4,7-9,11-12H2,1-2H3,(H2,20,26)/t16-/m1/s1. The zero-order chi connectivity index (χ0) is 18.8. The van der Waals surface area contributed by atoms with Crippen molar-refractivity contribution in [2.75, 3.05) is 26.2 Å². The number of hydrogen-bond donors (Lipinski definition) is 1. The summed E-state index contributed by atoms with van der Waals surface area (Å²) in [5, 5.41) is 0. The van der Waals surface area contributed by atoms with Crippen molar-refractivity contribution in [3.8, 4) is 0 Å². The van der Waals surface area contributed by atoms with E-state index in [0.29, 0.717) is 32.6 Å². The van der Waals surface area contributed by atoms with Crippen LogP contribution in [0.5, 0.6) is 0 Å². The van der Waals surface area contributed by atoms with Gasteiger partial charge in [0.05, 0.1) is 6.54 Å². The van der Waals surface area contributed by atoms with Gasteiger partial charge >= 0.3 is 6.03 Å². The quantitative estimate of drug-likeness (QED) is 0.875. The van der Waals surface area contributed by atoms with E-state index in [0.717, 1.165) is 12.0 Å². The first-order valence-electron chi connectivity index (χ1n) is 9.05. The van der Waals surface area contributed by atoms with Crippen molar-refractivity contribution >= 4 is 17.8 Å². The summed E-state index contributed by atoms with van der Waals surface area (Å²) < 4.78 is 0. The molecule has 0 unspecified atom stereocenters. The normalized spacial score (nSPS) is 20.6. The number of benzene rings is 1. The number of primary amides is 1. The van der Waals surface area contributed by atoms with Gasteiger partial charge in [0.1, 0.15) is 6.04 Å². The van der Waals surface area contributed by atoms with Crippen molar-refractivity contribution in [3.05, 3.63) is 34.9 Å². The maximum Gasteiger partial charge on any atom is 0.315 e. The average molecular weight is 358 g/mol. The fraction of sp³-hybridized carbons (Fsp3) is 0.526. The SMILES string of the molecule is Cc1ccc(CN2CCN(C(=O)[C@H]3CCCN3C(N)=O)CC2=O)cc1C. The van der Waals surface area contributed by atoms with Crippen molar-refractivity contribution in [3.63, 3.8) is 0 Å². The first kappa shape index (κ1) is 18.2. The van der Waals surface area contributed by atoms with Crippen molar-refractivity contribution in [2.45, 2.75) is 39.3 Å². The van der Waals surface area contributed by atoms with Gasteiger partial charge < -0.3 is 20.4 Å². The number of aryl methyl sites for hydroxylation is 2. The number of nitrogens with two attached hydrogens (primary N) is 1. The number of carbonyl (C=O) groups is 3. The maximum atomic E-state index is 12.7. The van der Waals surface area contributed by atoms with E-state index in [4.69, 9.17) is 5.73 Å². The van der Waals surface area contributed by atoms with Gasteiger partial charge in [-0.1, -0.05) is 18.2 Å². The highest BCUT2D eigenvalue weighted by molar-refractivity contribution is 5.91. The minimum absolute atomic E-state index is 0.0623. The van der Waals surface area contributed by atoms with Gasteiger partial charge in [0.25, 0.3) is 0 Å². The van der Waals surface area contributed by atoms with Crippen LogP contribution in [-0.2, 0) is 16.1 Å². The summed E-state index contributed by atoms with van der Waals surface area (Å²) in [6.45, 7) is 6.23. The number of urea groups is 1. The monoisotopic (exact) mass is 358 g/mol. The zero-order valence-corrected chi connectivity index (χ0v) is 15.4. The molecule has 0 radical (unpaired) electrons. The molecule has 2 saturated heterocycles. The van der Waals surface area contributed by atoms with Crippen LogP contribution in [0, 0.1) is 13.8 Å². The maximum absolute atomic E-state index is 12.7. The molecule has 4 amide bonds. The highest BCUT2D eigenvalue weighted by Gasteiger charge is 2.38. The molecule has 1 aromatic rings. The van der Waals surface area contributed by atoms with E-state index in [1.165, 1.54) is 16.0 Å². The summed E-state index contributed by atoms with van der Waals surface area (Å²) in [5.74, 6) is -0.230. The summed E-state index contributed by atoms with van der Waals surface area (Å²) in [7, 11) is 0. The Labute approximate surface area is 153 Å². The number of nitrogens with zero attached hydrogens (tertiary/aromatic N) is 3. The van der Waals surface area contributed by atoms with Crippen LogP contribution in [-0.4, -0.2) is 64.8 Å². The van der Waals surface area contributed by atoms with Crippen LogP contribution in [0.25, 0.3) is 0 Å². The molecule has 2 aliphatic rings. The van der Waals surface area contributed by atoms with Crippen molar-refractivity contribution in [1.82, 2.24) is 14.7 Å². The van der Waals surface area contributed by atoms with E-state index >= 15 is 0 Å². The number of hydrogen-bond acceptors (Lipinski definition) is 3. The summed E-state index contributed by atoms with van der Waals surface area (Å²) in [6.07, 6.45) is 1.37. The van der Waals surface area contributed by atoms with Crippen molar-refractivity contribution < 1.29 is 14.4 Å². The molecule has 2 N–H and O–H groups in total. The van der Waals surface area contributed by atoms with Crippen LogP contribution in [0.3, 0.4) is 0 Å². The Bertz CT molecular complexity index is 733. The molecule has 26 heavy (non-hydrogen) atoms. The number of carbonyl (C=O) groups excluding carboxylic acids is 3. The molecule has 7 heteroatoms. The summed E-state index contributed by atoms with van der Waals surface area (Å²) in [6, 6.07) is 5.11. The van der Waals surface area contributed by atoms with E-state index in [2.05, 4.69) is 26.0 Å². The molecular formula is C19H26N4O3. The van der Waals surface area contributed by atoms with Gasteiger partial charge in [0.15, 0.2) is 0 Å². The Hall–Kier alpha value is -2.57. The van der Waals surface area contributed by atoms with Crippen LogP contribution in [0.2, 0.25) is 0 Å². The minimum atomic E-state index is -0.569. The van der Waals surface area contributed by atoms with E-state index in [-0.39, 0.29) is 18.4 Å². The molecule has 2 heterocycles. The number of rotatable bonds is 3. The fourth-order valence-corrected chi connectivity index (χ4v) is 3.68. The lowest BCUT2D eigenvalue weighted by Crippen LogP contribution is -2.56. The van der Waals surface area contributed by atoms with Gasteiger partial charge in [0.2, 0.25) is 11.8 Å². The summed E-state index contributed by atoms with van der Waals surface area (Å²) >= 11 is 0. The van der Waals surface area contributed by atoms with Crippen LogP contribution in [0.4, 0.5) is 4.79 Å². The highest BCUT2D eigenvalue weighted by Crippen LogP contribution is 2.20. The average Bonchev–Trinajstić information content (AvgIpc) is 3.09. The lowest BCUT2D eigenvalue weighted by molar-refractivity contribution is -0.147. The van der Waals surface area contributed by atoms with Crippen LogP contribution >= 0.6 is 0 Å². The molecular weight excluding hydrogens is 332 g/mol. The summed E-state index contributed by atoms with van der Waals surface area (Å²) in [5.41, 5.74) is 8.88. The molecule has 1 aromatic carbocycles. The van der Waals surface area contributed by atoms with Crippen molar-refractivity contribution in [2.24, 2.45) is 5.73 Å². The lowest BCUT2D eigenvalue weighted by atomic mass is 10.1. The molecule has 0 spiro atoms. The minimum Gasteiger partial charge on any atom is -0.351 e. The largest absolute Gasteiger partial charge is 0.351 e. The Morgan fingerprint density at radius 1 is 1.15 bits per heavy atom. The molecule has 1 atom stereocenters. The topological polar surface area (TPSA) is 86.9 Å². The Kier molecular flexibility index (Phi) is 5.15. The molecule has 3 rings (SSSR count). The van der Waals surface area contributed by atoms with Gasteiger partial charge in [-0.25, -0.2) is 4.79 Å². The number of piperazine rings is 1. The zero-order valence-electron chi connectivity index (χ0n) is 15.4. The summed E-state index contributed by atoms with van der Waals surface area (Å²) in [4.78, 5) is 41.5. The second-order valence-electron chi connectivity index (χ2n) is 7.18. The Morgan fingerprint density at radius 3 is 2.58 bits per heavy atom. The third kappa shape index (κ3) is 3.66. The predicted molar refractivity (Wildman–Crippen MR) is 97.2 cm³/mol. The van der Waals surface area contributed by atoms with E-state index in [1.54, 1.807) is 9.80 Å². The molecule has 0 aliphatic carbocycles. The molecule has 2 fully saturated rings. The van der Waals surface area contributed by atoms with Crippen LogP contribution in [0.15, 0.2) is 18.2 Å². The first-order valence-corrected chi connectivity index (χ1v) is 9.05. The molecule has 0 saturated carbocycles. The number of amides is 4. The van der Waals surface area contributed by atoms with Gasteiger partial charge in [0, 0.05) is 26.2 Å². The second kappa shape index (κ2) is 7.35. The lowest BCUT2D eigenvalue weighted by Gasteiger charge is -2.36. The third-order valence-electron chi connectivity index (χ3n) is 5.40. The van der Waals surface area contributed by atoms with Crippen molar-refractivity contribution in [1.29, 1.82) is 0 Å². The van der Waals surface area contributed by atoms with Crippen LogP contribution < -0.4 is 5.73 Å². The molecule has 2 aliphatic heterocycles. The molecule has 0 bridgehead atoms. The Balaban J connectivity index is 1.61. The molecule has 7 nitrogen and oxygen atoms in total. The van der Waals surface area contributed by atoms with Gasteiger partial charge in [-0.15, -0.1) is 0 Å². The predicted octanol–water partition coefficient (Wildman–Crippen LogP) is 1.02. The molecule has 140 valence electrons.